The van der Waals surface area contributed by atoms with Gasteiger partial charge >= 0.3 is 0 Å². The molecule has 14 heavy (non-hydrogen) atoms. The van der Waals surface area contributed by atoms with E-state index in [-0.39, 0.29) is 6.10 Å². The molecule has 2 saturated heterocycles. The van der Waals surface area contributed by atoms with E-state index >= 15 is 0 Å². The molecule has 0 aromatic heterocycles. The zero-order valence-electron chi connectivity index (χ0n) is 8.85. The van der Waals surface area contributed by atoms with Crippen LogP contribution in [0.3, 0.4) is 0 Å². The Bertz CT molecular complexity index is 132. The molecule has 2 unspecified atom stereocenters. The summed E-state index contributed by atoms with van der Waals surface area (Å²) in [5, 5.41) is 16.8. The molecule has 4 heteroatoms. The fourth-order valence-corrected chi connectivity index (χ4v) is 1.58. The van der Waals surface area contributed by atoms with Gasteiger partial charge in [-0.15, -0.1) is 0 Å². The summed E-state index contributed by atoms with van der Waals surface area (Å²) in [6.45, 7) is 4.49. The summed E-state index contributed by atoms with van der Waals surface area (Å²) in [5.41, 5.74) is 0. The molecule has 0 aromatic carbocycles. The van der Waals surface area contributed by atoms with Gasteiger partial charge in [0.25, 0.3) is 0 Å². The van der Waals surface area contributed by atoms with Crippen LogP contribution in [-0.4, -0.2) is 51.1 Å². The van der Waals surface area contributed by atoms with Gasteiger partial charge in [-0.05, 0) is 18.8 Å². The molecular weight excluding hydrogens is 180 g/mol. The first-order chi connectivity index (χ1) is 6.83. The van der Waals surface area contributed by atoms with Crippen LogP contribution in [0.2, 0.25) is 0 Å². The van der Waals surface area contributed by atoms with E-state index in [1.54, 1.807) is 7.11 Å². The third-order valence-electron chi connectivity index (χ3n) is 2.45. The van der Waals surface area contributed by atoms with Crippen LogP contribution in [0.1, 0.15) is 12.8 Å². The molecule has 4 nitrogen and oxygen atoms in total. The van der Waals surface area contributed by atoms with Crippen molar-refractivity contribution in [2.24, 2.45) is 5.92 Å². The molecule has 2 heterocycles. The van der Waals surface area contributed by atoms with Gasteiger partial charge in [0.1, 0.15) is 0 Å². The van der Waals surface area contributed by atoms with Gasteiger partial charge in [-0.1, -0.05) is 0 Å². The molecule has 82 valence electrons. The summed E-state index contributed by atoms with van der Waals surface area (Å²) in [6, 6.07) is 0. The SMILES string of the molecule is COCC1CC[N]C1.OC1CC[N]C1. The summed E-state index contributed by atoms with van der Waals surface area (Å²) in [6.07, 6.45) is 1.98. The first-order valence-corrected chi connectivity index (χ1v) is 5.26. The van der Waals surface area contributed by atoms with Crippen LogP contribution in [0.4, 0.5) is 0 Å². The van der Waals surface area contributed by atoms with Gasteiger partial charge in [0.15, 0.2) is 0 Å². The smallest absolute Gasteiger partial charge is 0.0694 e. The predicted molar refractivity (Wildman–Crippen MR) is 54.3 cm³/mol. The highest BCUT2D eigenvalue weighted by Gasteiger charge is 2.13. The van der Waals surface area contributed by atoms with E-state index in [0.717, 1.165) is 38.6 Å². The number of aliphatic hydroxyl groups excluding tert-OH is 1. The number of hydrogen-bond acceptors (Lipinski definition) is 2. The van der Waals surface area contributed by atoms with E-state index in [4.69, 9.17) is 9.84 Å². The van der Waals surface area contributed by atoms with Crippen molar-refractivity contribution in [3.8, 4) is 0 Å². The molecule has 0 spiro atoms. The second kappa shape index (κ2) is 7.17. The number of methoxy groups -OCH3 is 1. The molecule has 2 atom stereocenters. The largest absolute Gasteiger partial charge is 0.392 e. The first kappa shape index (κ1) is 11.9. The van der Waals surface area contributed by atoms with Gasteiger partial charge in [-0.2, -0.15) is 0 Å². The van der Waals surface area contributed by atoms with Crippen LogP contribution < -0.4 is 10.6 Å². The number of hydrogen-bond donors (Lipinski definition) is 1. The zero-order chi connectivity index (χ0) is 10.2. The molecule has 0 saturated carbocycles. The quantitative estimate of drug-likeness (QED) is 0.660. The summed E-state index contributed by atoms with van der Waals surface area (Å²) in [5.74, 6) is 0.722. The Morgan fingerprint density at radius 1 is 1.21 bits per heavy atom. The van der Waals surface area contributed by atoms with Crippen molar-refractivity contribution in [3.05, 3.63) is 0 Å². The minimum atomic E-state index is -0.120. The predicted octanol–water partition coefficient (Wildman–Crippen LogP) is -0.387. The third kappa shape index (κ3) is 4.91. The molecule has 0 amide bonds. The highest BCUT2D eigenvalue weighted by molar-refractivity contribution is 4.69. The van der Waals surface area contributed by atoms with E-state index in [1.165, 1.54) is 6.42 Å². The van der Waals surface area contributed by atoms with Gasteiger partial charge in [-0.3, -0.25) is 0 Å². The maximum atomic E-state index is 8.64. The molecule has 0 aromatic rings. The summed E-state index contributed by atoms with van der Waals surface area (Å²) < 4.78 is 4.97. The van der Waals surface area contributed by atoms with Crippen LogP contribution >= 0.6 is 0 Å². The lowest BCUT2D eigenvalue weighted by molar-refractivity contribution is 0.160. The lowest BCUT2D eigenvalue weighted by atomic mass is 10.1. The standard InChI is InChI=1S/C6H12NO.C4H8NO/c1-8-5-6-2-3-7-4-6;6-4-1-2-5-3-4/h6H,2-5H2,1H3;4,6H,1-3H2. The zero-order valence-corrected chi connectivity index (χ0v) is 8.85. The number of nitrogens with zero attached hydrogens (tertiary/aromatic N) is 2. The van der Waals surface area contributed by atoms with Crippen LogP contribution in [-0.2, 0) is 4.74 Å². The fraction of sp³-hybridized carbons (Fsp3) is 1.00. The van der Waals surface area contributed by atoms with Crippen molar-refractivity contribution in [2.45, 2.75) is 18.9 Å². The average molecular weight is 200 g/mol. The highest BCUT2D eigenvalue weighted by Crippen LogP contribution is 2.07. The number of aliphatic hydroxyl groups is 1. The average Bonchev–Trinajstić information content (AvgIpc) is 2.79. The fourth-order valence-electron chi connectivity index (χ4n) is 1.58. The molecule has 0 bridgehead atoms. The number of ether oxygens (including phenoxy) is 1. The van der Waals surface area contributed by atoms with Crippen molar-refractivity contribution < 1.29 is 9.84 Å². The maximum absolute atomic E-state index is 8.64. The number of rotatable bonds is 2. The van der Waals surface area contributed by atoms with Crippen molar-refractivity contribution in [2.75, 3.05) is 39.9 Å². The van der Waals surface area contributed by atoms with Crippen LogP contribution in [0.15, 0.2) is 0 Å². The normalized spacial score (nSPS) is 31.3. The third-order valence-corrected chi connectivity index (χ3v) is 2.45. The van der Waals surface area contributed by atoms with Gasteiger partial charge in [0, 0.05) is 33.3 Å². The minimum absolute atomic E-state index is 0.120. The van der Waals surface area contributed by atoms with Gasteiger partial charge in [0.2, 0.25) is 0 Å². The van der Waals surface area contributed by atoms with E-state index in [2.05, 4.69) is 10.6 Å². The highest BCUT2D eigenvalue weighted by atomic mass is 16.5. The Hall–Kier alpha value is -0.160. The Kier molecular flexibility index (Phi) is 6.10. The van der Waals surface area contributed by atoms with Crippen LogP contribution in [0, 0.1) is 5.92 Å². The minimum Gasteiger partial charge on any atom is -0.392 e. The maximum Gasteiger partial charge on any atom is 0.0694 e. The Labute approximate surface area is 86.0 Å². The van der Waals surface area contributed by atoms with Crippen molar-refractivity contribution in [1.82, 2.24) is 10.6 Å². The van der Waals surface area contributed by atoms with E-state index in [9.17, 15) is 0 Å². The van der Waals surface area contributed by atoms with E-state index in [0.29, 0.717) is 6.54 Å². The Morgan fingerprint density at radius 3 is 2.29 bits per heavy atom. The van der Waals surface area contributed by atoms with Crippen LogP contribution in [0.25, 0.3) is 0 Å². The first-order valence-electron chi connectivity index (χ1n) is 5.26. The van der Waals surface area contributed by atoms with E-state index in [1.807, 2.05) is 0 Å². The molecule has 0 aliphatic carbocycles. The van der Waals surface area contributed by atoms with E-state index < -0.39 is 0 Å². The van der Waals surface area contributed by atoms with Gasteiger partial charge < -0.3 is 9.84 Å². The molecule has 1 N–H and O–H groups in total. The Morgan fingerprint density at radius 2 is 1.93 bits per heavy atom. The lowest BCUT2D eigenvalue weighted by Crippen LogP contribution is -2.08. The molecule has 2 radical (unpaired) electrons. The monoisotopic (exact) mass is 200 g/mol. The summed E-state index contributed by atoms with van der Waals surface area (Å²) in [4.78, 5) is 0. The van der Waals surface area contributed by atoms with Crippen molar-refractivity contribution in [3.63, 3.8) is 0 Å². The van der Waals surface area contributed by atoms with Crippen molar-refractivity contribution >= 4 is 0 Å². The van der Waals surface area contributed by atoms with Crippen LogP contribution in [0.5, 0.6) is 0 Å². The molecule has 2 fully saturated rings. The molecule has 2 aliphatic heterocycles. The summed E-state index contributed by atoms with van der Waals surface area (Å²) in [7, 11) is 1.75. The van der Waals surface area contributed by atoms with Gasteiger partial charge in [0.05, 0.1) is 12.7 Å². The molecule has 2 rings (SSSR count). The van der Waals surface area contributed by atoms with Gasteiger partial charge in [-0.25, -0.2) is 10.6 Å². The Balaban J connectivity index is 0.000000146. The summed E-state index contributed by atoms with van der Waals surface area (Å²) >= 11 is 0. The molecule has 2 aliphatic rings. The lowest BCUT2D eigenvalue weighted by Gasteiger charge is -2.02. The topological polar surface area (TPSA) is 57.7 Å². The second-order valence-electron chi connectivity index (χ2n) is 3.81. The molecular formula is C10H20N2O2. The second-order valence-corrected chi connectivity index (χ2v) is 3.81. The van der Waals surface area contributed by atoms with Crippen molar-refractivity contribution in [1.29, 1.82) is 0 Å².